The fourth-order valence-electron chi connectivity index (χ4n) is 0.708. The standard InChI is InChI=1S/C5H7F6NO4S2/c1-4(7,8)3(2-6)17(13,14)12-18(15,16)5(9,10)11/h3H,2H2,1H3,(H,12,13,14)/p-1. The van der Waals surface area contributed by atoms with Crippen LogP contribution < -0.4 is 0 Å². The van der Waals surface area contributed by atoms with E-state index in [4.69, 9.17) is 0 Å². The molecule has 2 unspecified atom stereocenters. The quantitative estimate of drug-likeness (QED) is 0.733. The zero-order valence-electron chi connectivity index (χ0n) is 8.45. The Hall–Kier alpha value is -0.560. The average Bonchev–Trinajstić information content (AvgIpc) is 1.95. The Morgan fingerprint density at radius 1 is 1.17 bits per heavy atom. The second-order valence-electron chi connectivity index (χ2n) is 3.11. The second kappa shape index (κ2) is 4.85. The highest BCUT2D eigenvalue weighted by atomic mass is 32.3. The van der Waals surface area contributed by atoms with Gasteiger partial charge in [0.25, 0.3) is 5.92 Å². The first-order valence-electron chi connectivity index (χ1n) is 3.88. The van der Waals surface area contributed by atoms with Crippen molar-refractivity contribution in [1.29, 1.82) is 0 Å². The van der Waals surface area contributed by atoms with Crippen molar-refractivity contribution >= 4 is 20.0 Å². The first-order valence-corrected chi connectivity index (χ1v) is 6.82. The largest absolute Gasteiger partial charge is 0.763 e. The predicted molar refractivity (Wildman–Crippen MR) is 46.7 cm³/mol. The summed E-state index contributed by atoms with van der Waals surface area (Å²) in [7, 11) is -12.4. The lowest BCUT2D eigenvalue weighted by atomic mass is 10.3. The maximum Gasteiger partial charge on any atom is 0.519 e. The molecule has 18 heavy (non-hydrogen) atoms. The normalized spacial score (nSPS) is 19.1. The Morgan fingerprint density at radius 3 is 1.78 bits per heavy atom. The van der Waals surface area contributed by atoms with Gasteiger partial charge in [-0.25, -0.2) is 13.2 Å². The Morgan fingerprint density at radius 2 is 1.56 bits per heavy atom. The van der Waals surface area contributed by atoms with E-state index in [2.05, 4.69) is 0 Å². The number of rotatable bonds is 4. The molecule has 0 aliphatic heterocycles. The van der Waals surface area contributed by atoms with Crippen LogP contribution in [0.4, 0.5) is 26.3 Å². The minimum absolute atomic E-state index is 0.0927. The number of hydrogen-bond donors (Lipinski definition) is 0. The first kappa shape index (κ1) is 17.4. The van der Waals surface area contributed by atoms with E-state index in [0.717, 1.165) is 0 Å². The van der Waals surface area contributed by atoms with Crippen molar-refractivity contribution in [3.63, 3.8) is 0 Å². The maximum absolute atomic E-state index is 12.6. The Kier molecular flexibility index (Phi) is 4.69. The number of alkyl halides is 6. The van der Waals surface area contributed by atoms with E-state index in [1.165, 1.54) is 3.77 Å². The molecule has 2 atom stereocenters. The van der Waals surface area contributed by atoms with E-state index in [1.807, 2.05) is 0 Å². The molecule has 0 spiro atoms. The molecule has 0 aliphatic carbocycles. The Balaban J connectivity index is 5.89. The topological polar surface area (TPSA) is 86.6 Å². The van der Waals surface area contributed by atoms with Crippen LogP contribution in [0.1, 0.15) is 6.92 Å². The van der Waals surface area contributed by atoms with Gasteiger partial charge in [0.15, 0.2) is 0 Å². The van der Waals surface area contributed by atoms with Crippen LogP contribution in [-0.4, -0.2) is 40.5 Å². The Bertz CT molecular complexity index is 511. The molecule has 13 heteroatoms. The molecular weight excluding hydrogens is 316 g/mol. The fraction of sp³-hybridized carbons (Fsp3) is 1.00. The van der Waals surface area contributed by atoms with Gasteiger partial charge in [-0.2, -0.15) is 21.6 Å². The van der Waals surface area contributed by atoms with Crippen molar-refractivity contribution in [1.82, 2.24) is 0 Å². The van der Waals surface area contributed by atoms with Crippen LogP contribution in [0.3, 0.4) is 0 Å². The minimum atomic E-state index is -6.53. The molecule has 0 amide bonds. The summed E-state index contributed by atoms with van der Waals surface area (Å²) < 4.78 is 117. The molecule has 0 aliphatic rings. The predicted octanol–water partition coefficient (Wildman–Crippen LogP) is 1.43. The zero-order chi connectivity index (χ0) is 15.0. The fourth-order valence-corrected chi connectivity index (χ4v) is 3.24. The van der Waals surface area contributed by atoms with Gasteiger partial charge in [0.2, 0.25) is 0 Å². The molecule has 0 saturated carbocycles. The van der Waals surface area contributed by atoms with Crippen LogP contribution in [0, 0.1) is 0 Å². The molecule has 0 aromatic carbocycles. The van der Waals surface area contributed by atoms with Crippen molar-refractivity contribution in [2.75, 3.05) is 6.67 Å². The summed E-state index contributed by atoms with van der Waals surface area (Å²) >= 11 is 0. The summed E-state index contributed by atoms with van der Waals surface area (Å²) in [4.78, 5) is 0. The summed E-state index contributed by atoms with van der Waals surface area (Å²) in [6, 6.07) is 0. The third-order valence-corrected chi connectivity index (χ3v) is 5.02. The molecule has 0 aromatic rings. The molecule has 110 valence electrons. The molecule has 0 saturated heterocycles. The molecule has 0 bridgehead atoms. The Labute approximate surface area is 98.2 Å². The highest BCUT2D eigenvalue weighted by Crippen LogP contribution is 2.30. The van der Waals surface area contributed by atoms with Gasteiger partial charge in [-0.3, -0.25) is 4.21 Å². The third kappa shape index (κ3) is 3.98. The number of sulfonamides is 1. The highest BCUT2D eigenvalue weighted by molar-refractivity contribution is 8.01. The highest BCUT2D eigenvalue weighted by Gasteiger charge is 2.48. The summed E-state index contributed by atoms with van der Waals surface area (Å²) in [5, 5.41) is -3.30. The summed E-state index contributed by atoms with van der Waals surface area (Å²) in [5.41, 5.74) is -6.08. The van der Waals surface area contributed by atoms with Gasteiger partial charge in [0, 0.05) is 16.9 Å². The maximum atomic E-state index is 12.6. The van der Waals surface area contributed by atoms with Crippen LogP contribution in [0.15, 0.2) is 3.77 Å². The first-order chi connectivity index (χ1) is 7.65. The lowest BCUT2D eigenvalue weighted by Gasteiger charge is -2.27. The smallest absolute Gasteiger partial charge is 0.519 e. The van der Waals surface area contributed by atoms with E-state index in [9.17, 15) is 43.5 Å². The van der Waals surface area contributed by atoms with Crippen LogP contribution in [0.25, 0.3) is 0 Å². The van der Waals surface area contributed by atoms with E-state index in [0.29, 0.717) is 0 Å². The van der Waals surface area contributed by atoms with Crippen LogP contribution >= 0.6 is 0 Å². The lowest BCUT2D eigenvalue weighted by Crippen LogP contribution is -2.40. The van der Waals surface area contributed by atoms with Gasteiger partial charge in [0.05, 0.1) is 0 Å². The van der Waals surface area contributed by atoms with Crippen molar-refractivity contribution in [2.45, 2.75) is 23.6 Å². The van der Waals surface area contributed by atoms with Gasteiger partial charge in [0.1, 0.15) is 11.9 Å². The molecule has 0 heterocycles. The van der Waals surface area contributed by atoms with Gasteiger partial charge in [-0.15, -0.1) is 3.77 Å². The molecule has 0 radical (unpaired) electrons. The van der Waals surface area contributed by atoms with Crippen molar-refractivity contribution in [3.05, 3.63) is 0 Å². The van der Waals surface area contributed by atoms with Crippen LogP contribution in [0.2, 0.25) is 0 Å². The second-order valence-corrected chi connectivity index (χ2v) is 6.72. The van der Waals surface area contributed by atoms with E-state index >= 15 is 0 Å². The zero-order valence-corrected chi connectivity index (χ0v) is 10.1. The van der Waals surface area contributed by atoms with Crippen LogP contribution in [-0.2, 0) is 20.0 Å². The molecule has 0 fully saturated rings. The third-order valence-electron chi connectivity index (χ3n) is 1.56. The lowest BCUT2D eigenvalue weighted by molar-refractivity contribution is -0.0435. The molecular formula is C5H6F6NO4S2-. The molecule has 0 aromatic heterocycles. The summed E-state index contributed by atoms with van der Waals surface area (Å²) in [5.74, 6) is -4.29. The van der Waals surface area contributed by atoms with Gasteiger partial charge in [-0.1, -0.05) is 0 Å². The minimum Gasteiger partial charge on any atom is -0.763 e. The average molecular weight is 322 g/mol. The summed E-state index contributed by atoms with van der Waals surface area (Å²) in [6.07, 6.45) is 0. The van der Waals surface area contributed by atoms with Gasteiger partial charge in [-0.05, 0) is 0 Å². The molecule has 5 nitrogen and oxygen atoms in total. The molecule has 0 N–H and O–H groups in total. The summed E-state index contributed by atoms with van der Waals surface area (Å²) in [6.45, 7) is -2.38. The van der Waals surface area contributed by atoms with Crippen molar-refractivity contribution < 1.29 is 43.5 Å². The number of nitrogens with zero attached hydrogens (tertiary/aromatic N) is 1. The van der Waals surface area contributed by atoms with Crippen LogP contribution in [0.5, 0.6) is 0 Å². The van der Waals surface area contributed by atoms with Gasteiger partial charge < -0.3 is 4.55 Å². The number of hydrogen-bond acceptors (Lipinski definition) is 4. The van der Waals surface area contributed by atoms with Crippen molar-refractivity contribution in [2.24, 2.45) is 3.77 Å². The van der Waals surface area contributed by atoms with Gasteiger partial charge >= 0.3 is 15.5 Å². The van der Waals surface area contributed by atoms with E-state index < -0.39 is 43.4 Å². The number of halogens is 6. The van der Waals surface area contributed by atoms with E-state index in [-0.39, 0.29) is 6.92 Å². The van der Waals surface area contributed by atoms with Crippen molar-refractivity contribution in [3.8, 4) is 0 Å². The molecule has 0 rings (SSSR count). The van der Waals surface area contributed by atoms with E-state index in [1.54, 1.807) is 0 Å². The SMILES string of the molecule is CC(F)(F)C(CF)S(=O)([O-])=NS(=O)(=O)C(F)(F)F. The monoisotopic (exact) mass is 322 g/mol.